The van der Waals surface area contributed by atoms with E-state index in [9.17, 15) is 14.4 Å². The van der Waals surface area contributed by atoms with E-state index in [1.165, 1.54) is 0 Å². The van der Waals surface area contributed by atoms with Crippen LogP contribution in [0.1, 0.15) is 59.8 Å². The van der Waals surface area contributed by atoms with Crippen molar-refractivity contribution in [1.29, 1.82) is 0 Å². The highest BCUT2D eigenvalue weighted by atomic mass is 16.6. The predicted molar refractivity (Wildman–Crippen MR) is 96.5 cm³/mol. The lowest BCUT2D eigenvalue weighted by atomic mass is 9.73. The number of esters is 1. The molecule has 27 heavy (non-hydrogen) atoms. The fourth-order valence-electron chi connectivity index (χ4n) is 5.17. The first-order valence-electron chi connectivity index (χ1n) is 9.81. The molecule has 4 aliphatic heterocycles. The molecule has 3 fully saturated rings. The average Bonchev–Trinajstić information content (AvgIpc) is 3.14. The summed E-state index contributed by atoms with van der Waals surface area (Å²) in [6.07, 6.45) is 3.70. The van der Waals surface area contributed by atoms with Crippen LogP contribution in [-0.2, 0) is 19.1 Å². The Kier molecular flexibility index (Phi) is 4.05. The molecular weight excluding hydrogens is 348 g/mol. The van der Waals surface area contributed by atoms with Crippen molar-refractivity contribution in [3.63, 3.8) is 0 Å². The van der Waals surface area contributed by atoms with Gasteiger partial charge in [0.2, 0.25) is 5.91 Å². The Balaban J connectivity index is 1.52. The van der Waals surface area contributed by atoms with Crippen LogP contribution in [0.5, 0.6) is 0 Å². The largest absolute Gasteiger partial charge is 0.456 e. The molecule has 2 unspecified atom stereocenters. The van der Waals surface area contributed by atoms with E-state index >= 15 is 0 Å². The Morgan fingerprint density at radius 3 is 2.33 bits per heavy atom. The Morgan fingerprint density at radius 1 is 1.19 bits per heavy atom. The molecule has 2 bridgehead atoms. The van der Waals surface area contributed by atoms with Gasteiger partial charge in [-0.1, -0.05) is 0 Å². The van der Waals surface area contributed by atoms with Crippen LogP contribution in [0.4, 0.5) is 4.79 Å². The molecule has 0 aromatic rings. The lowest BCUT2D eigenvalue weighted by Crippen LogP contribution is -2.53. The molecule has 7 heteroatoms. The summed E-state index contributed by atoms with van der Waals surface area (Å²) >= 11 is 0. The summed E-state index contributed by atoms with van der Waals surface area (Å²) in [7, 11) is 0. The molecule has 3 saturated heterocycles. The number of hydrogen-bond acceptors (Lipinski definition) is 5. The third kappa shape index (κ3) is 2.91. The maximum Gasteiger partial charge on any atom is 0.410 e. The van der Waals surface area contributed by atoms with Crippen LogP contribution < -0.4 is 0 Å². The van der Waals surface area contributed by atoms with E-state index in [-0.39, 0.29) is 36.7 Å². The fourth-order valence-corrected chi connectivity index (χ4v) is 5.17. The number of piperidine rings is 1. The van der Waals surface area contributed by atoms with Crippen molar-refractivity contribution in [2.75, 3.05) is 13.2 Å². The summed E-state index contributed by atoms with van der Waals surface area (Å²) in [6, 6.07) is 0.109. The number of nitrogens with zero attached hydrogens (tertiary/aromatic N) is 2. The highest BCUT2D eigenvalue weighted by Crippen LogP contribution is 2.52. The van der Waals surface area contributed by atoms with Gasteiger partial charge in [0, 0.05) is 18.6 Å². The van der Waals surface area contributed by atoms with E-state index in [0.29, 0.717) is 30.7 Å². The van der Waals surface area contributed by atoms with Crippen LogP contribution >= 0.6 is 0 Å². The van der Waals surface area contributed by atoms with Crippen molar-refractivity contribution in [3.05, 3.63) is 11.3 Å². The van der Waals surface area contributed by atoms with Crippen molar-refractivity contribution >= 4 is 18.0 Å². The van der Waals surface area contributed by atoms with E-state index < -0.39 is 11.0 Å². The maximum atomic E-state index is 13.3. The second-order valence-electron chi connectivity index (χ2n) is 9.32. The van der Waals surface area contributed by atoms with Gasteiger partial charge < -0.3 is 19.3 Å². The molecule has 0 aromatic carbocycles. The van der Waals surface area contributed by atoms with E-state index in [4.69, 9.17) is 9.47 Å². The molecule has 0 saturated carbocycles. The molecule has 148 valence electrons. The van der Waals surface area contributed by atoms with Crippen molar-refractivity contribution < 1.29 is 23.9 Å². The Hall–Kier alpha value is -2.05. The van der Waals surface area contributed by atoms with Gasteiger partial charge in [0.05, 0.1) is 16.7 Å². The standard InChI is InChI=1S/C20H28N2O5/c1-12-15(11-26-16(12)23)21-8-7-20(17(21)24)9-13-5-6-14(10-20)22(13)18(25)27-19(2,3)4/h13-14H,5-11H2,1-4H3. The fraction of sp³-hybridized carbons (Fsp3) is 0.750. The van der Waals surface area contributed by atoms with Crippen LogP contribution in [0, 0.1) is 5.41 Å². The molecule has 0 aliphatic carbocycles. The monoisotopic (exact) mass is 376 g/mol. The van der Waals surface area contributed by atoms with Crippen molar-refractivity contribution in [2.45, 2.75) is 77.5 Å². The minimum Gasteiger partial charge on any atom is -0.456 e. The van der Waals surface area contributed by atoms with Crippen LogP contribution in [0.25, 0.3) is 0 Å². The molecule has 1 spiro atoms. The van der Waals surface area contributed by atoms with Crippen molar-refractivity contribution in [3.8, 4) is 0 Å². The van der Waals surface area contributed by atoms with Crippen molar-refractivity contribution in [2.24, 2.45) is 5.41 Å². The van der Waals surface area contributed by atoms with E-state index in [2.05, 4.69) is 0 Å². The van der Waals surface area contributed by atoms with Gasteiger partial charge in [0.1, 0.15) is 12.2 Å². The molecule has 4 aliphatic rings. The van der Waals surface area contributed by atoms with Gasteiger partial charge in [-0.25, -0.2) is 9.59 Å². The molecule has 0 aromatic heterocycles. The number of amides is 2. The number of carbonyl (C=O) groups excluding carboxylic acids is 3. The topological polar surface area (TPSA) is 76.2 Å². The first-order valence-corrected chi connectivity index (χ1v) is 9.81. The molecule has 2 amide bonds. The smallest absolute Gasteiger partial charge is 0.410 e. The number of likely N-dealkylation sites (tertiary alicyclic amines) is 1. The van der Waals surface area contributed by atoms with Gasteiger partial charge >= 0.3 is 12.1 Å². The molecule has 2 atom stereocenters. The van der Waals surface area contributed by atoms with Crippen LogP contribution in [0.15, 0.2) is 11.3 Å². The summed E-state index contributed by atoms with van der Waals surface area (Å²) in [4.78, 5) is 41.3. The molecule has 4 heterocycles. The van der Waals surface area contributed by atoms with E-state index in [1.54, 1.807) is 11.8 Å². The molecular formula is C20H28N2O5. The SMILES string of the molecule is CC1=C(N2CCC3(CC4CCC(C3)N4C(=O)OC(C)(C)C)C2=O)COC1=O. The Labute approximate surface area is 159 Å². The highest BCUT2D eigenvalue weighted by molar-refractivity contribution is 5.94. The first-order chi connectivity index (χ1) is 12.6. The minimum atomic E-state index is -0.523. The van der Waals surface area contributed by atoms with Gasteiger partial charge in [-0.15, -0.1) is 0 Å². The molecule has 7 nitrogen and oxygen atoms in total. The summed E-state index contributed by atoms with van der Waals surface area (Å²) in [5.74, 6) is -0.241. The predicted octanol–water partition coefficient (Wildman–Crippen LogP) is 2.60. The first kappa shape index (κ1) is 18.3. The Morgan fingerprint density at radius 2 is 1.81 bits per heavy atom. The number of rotatable bonds is 1. The van der Waals surface area contributed by atoms with Crippen molar-refractivity contribution in [1.82, 2.24) is 9.80 Å². The number of cyclic esters (lactones) is 1. The minimum absolute atomic E-state index is 0.0547. The summed E-state index contributed by atoms with van der Waals surface area (Å²) in [5.41, 5.74) is 0.298. The van der Waals surface area contributed by atoms with E-state index in [1.807, 2.05) is 25.7 Å². The maximum absolute atomic E-state index is 13.3. The average molecular weight is 376 g/mol. The van der Waals surface area contributed by atoms with Gasteiger partial charge in [-0.2, -0.15) is 0 Å². The lowest BCUT2D eigenvalue weighted by Gasteiger charge is -2.43. The summed E-state index contributed by atoms with van der Waals surface area (Å²) < 4.78 is 10.7. The number of ether oxygens (including phenoxy) is 2. The van der Waals surface area contributed by atoms with Crippen LogP contribution in [0.2, 0.25) is 0 Å². The van der Waals surface area contributed by atoms with Gasteiger partial charge in [-0.3, -0.25) is 4.79 Å². The normalized spacial score (nSPS) is 33.3. The van der Waals surface area contributed by atoms with Crippen LogP contribution in [0.3, 0.4) is 0 Å². The quantitative estimate of drug-likeness (QED) is 0.658. The molecule has 0 radical (unpaired) electrons. The zero-order chi connectivity index (χ0) is 19.6. The van der Waals surface area contributed by atoms with Gasteiger partial charge in [0.25, 0.3) is 0 Å². The third-order valence-corrected chi connectivity index (χ3v) is 6.39. The summed E-state index contributed by atoms with van der Waals surface area (Å²) in [6.45, 7) is 8.14. The Bertz CT molecular complexity index is 721. The highest BCUT2D eigenvalue weighted by Gasteiger charge is 2.58. The van der Waals surface area contributed by atoms with Gasteiger partial charge in [-0.05, 0) is 59.8 Å². The second-order valence-corrected chi connectivity index (χ2v) is 9.32. The third-order valence-electron chi connectivity index (χ3n) is 6.39. The number of carbonyl (C=O) groups is 3. The number of fused-ring (bicyclic) bond motifs is 2. The molecule has 0 N–H and O–H groups in total. The zero-order valence-electron chi connectivity index (χ0n) is 16.5. The summed E-state index contributed by atoms with van der Waals surface area (Å²) in [5, 5.41) is 0. The van der Waals surface area contributed by atoms with Crippen LogP contribution in [-0.4, -0.2) is 58.6 Å². The number of hydrogen-bond donors (Lipinski definition) is 0. The zero-order valence-corrected chi connectivity index (χ0v) is 16.5. The molecule has 4 rings (SSSR count). The van der Waals surface area contributed by atoms with Gasteiger partial charge in [0.15, 0.2) is 0 Å². The van der Waals surface area contributed by atoms with E-state index in [0.717, 1.165) is 19.3 Å². The lowest BCUT2D eigenvalue weighted by molar-refractivity contribution is -0.139. The second kappa shape index (κ2) is 5.97.